The predicted octanol–water partition coefficient (Wildman–Crippen LogP) is 2.92. The monoisotopic (exact) mass is 370 g/mol. The van der Waals surface area contributed by atoms with E-state index in [4.69, 9.17) is 0 Å². The van der Waals surface area contributed by atoms with Crippen LogP contribution >= 0.6 is 0 Å². The van der Waals surface area contributed by atoms with Crippen LogP contribution < -0.4 is 10.2 Å². The van der Waals surface area contributed by atoms with Gasteiger partial charge in [-0.15, -0.1) is 0 Å². The number of likely N-dealkylation sites (tertiary alicyclic amines) is 2. The molecule has 2 atom stereocenters. The number of hydrogen-bond donors (Lipinski definition) is 1. The third-order valence-corrected chi connectivity index (χ3v) is 6.50. The molecule has 148 valence electrons. The lowest BCUT2D eigenvalue weighted by Crippen LogP contribution is -2.43. The van der Waals surface area contributed by atoms with Crippen molar-refractivity contribution in [2.45, 2.75) is 57.7 Å². The molecule has 27 heavy (non-hydrogen) atoms. The summed E-state index contributed by atoms with van der Waals surface area (Å²) in [6, 6.07) is 8.70. The van der Waals surface area contributed by atoms with Crippen LogP contribution in [0.3, 0.4) is 0 Å². The molecule has 4 rings (SSSR count). The maximum absolute atomic E-state index is 13.1. The number of nitrogens with zero attached hydrogens (tertiary/aromatic N) is 3. The maximum atomic E-state index is 13.1. The van der Waals surface area contributed by atoms with E-state index in [0.29, 0.717) is 12.2 Å². The molecule has 3 fully saturated rings. The molecule has 0 spiro atoms. The lowest BCUT2D eigenvalue weighted by Gasteiger charge is -2.31. The minimum absolute atomic E-state index is 0.213. The molecule has 2 unspecified atom stereocenters. The van der Waals surface area contributed by atoms with Gasteiger partial charge in [0.1, 0.15) is 0 Å². The Bertz CT molecular complexity index is 620. The Morgan fingerprint density at radius 2 is 1.85 bits per heavy atom. The molecule has 1 amide bonds. The van der Waals surface area contributed by atoms with Crippen LogP contribution in [0.5, 0.6) is 0 Å². The molecule has 3 aliphatic heterocycles. The predicted molar refractivity (Wildman–Crippen MR) is 110 cm³/mol. The van der Waals surface area contributed by atoms with E-state index in [1.165, 1.54) is 44.5 Å². The maximum Gasteiger partial charge on any atom is 0.254 e. The zero-order valence-electron chi connectivity index (χ0n) is 16.7. The van der Waals surface area contributed by atoms with Crippen molar-refractivity contribution in [3.05, 3.63) is 29.8 Å². The molecular formula is C22H34N4O. The summed E-state index contributed by atoms with van der Waals surface area (Å²) in [4.78, 5) is 20.2. The van der Waals surface area contributed by atoms with Gasteiger partial charge in [0.25, 0.3) is 5.91 Å². The summed E-state index contributed by atoms with van der Waals surface area (Å²) >= 11 is 0. The summed E-state index contributed by atoms with van der Waals surface area (Å²) in [5.74, 6) is 0.213. The van der Waals surface area contributed by atoms with Crippen molar-refractivity contribution in [3.8, 4) is 0 Å². The smallest absolute Gasteiger partial charge is 0.254 e. The van der Waals surface area contributed by atoms with Gasteiger partial charge in [-0.2, -0.15) is 0 Å². The van der Waals surface area contributed by atoms with Gasteiger partial charge in [-0.1, -0.05) is 0 Å². The van der Waals surface area contributed by atoms with Crippen molar-refractivity contribution in [1.29, 1.82) is 0 Å². The summed E-state index contributed by atoms with van der Waals surface area (Å²) in [6.45, 7) is 8.66. The number of carbonyl (C=O) groups is 1. The summed E-state index contributed by atoms with van der Waals surface area (Å²) in [5.41, 5.74) is 2.05. The van der Waals surface area contributed by atoms with Crippen molar-refractivity contribution in [3.63, 3.8) is 0 Å². The second kappa shape index (κ2) is 8.61. The van der Waals surface area contributed by atoms with Gasteiger partial charge in [0.2, 0.25) is 0 Å². The van der Waals surface area contributed by atoms with Gasteiger partial charge in [0.15, 0.2) is 0 Å². The van der Waals surface area contributed by atoms with Crippen LogP contribution in [0.4, 0.5) is 5.69 Å². The first kappa shape index (κ1) is 18.8. The van der Waals surface area contributed by atoms with Crippen molar-refractivity contribution in [2.75, 3.05) is 44.2 Å². The summed E-state index contributed by atoms with van der Waals surface area (Å²) in [7, 11) is 0. The molecule has 0 saturated carbocycles. The molecule has 0 bridgehead atoms. The van der Waals surface area contributed by atoms with Gasteiger partial charge in [0.05, 0.1) is 6.17 Å². The average molecular weight is 371 g/mol. The zero-order chi connectivity index (χ0) is 18.6. The highest BCUT2D eigenvalue weighted by atomic mass is 16.2. The molecule has 1 aromatic carbocycles. The minimum Gasteiger partial charge on any atom is -0.356 e. The number of nitrogens with one attached hydrogen (secondary N) is 1. The van der Waals surface area contributed by atoms with E-state index in [1.54, 1.807) is 0 Å². The Labute approximate surface area is 163 Å². The van der Waals surface area contributed by atoms with Gasteiger partial charge < -0.3 is 14.7 Å². The van der Waals surface area contributed by atoms with E-state index in [1.807, 2.05) is 12.1 Å². The topological polar surface area (TPSA) is 38.8 Å². The van der Waals surface area contributed by atoms with Crippen LogP contribution in [0.15, 0.2) is 24.3 Å². The highest BCUT2D eigenvalue weighted by molar-refractivity contribution is 5.95. The van der Waals surface area contributed by atoms with Crippen molar-refractivity contribution < 1.29 is 4.79 Å². The first-order chi connectivity index (χ1) is 13.3. The molecule has 3 heterocycles. The molecule has 0 aliphatic carbocycles. The fourth-order valence-corrected chi connectivity index (χ4v) is 5.03. The van der Waals surface area contributed by atoms with Crippen molar-refractivity contribution in [2.24, 2.45) is 0 Å². The van der Waals surface area contributed by atoms with E-state index in [0.717, 1.165) is 44.6 Å². The van der Waals surface area contributed by atoms with Crippen molar-refractivity contribution in [1.82, 2.24) is 15.1 Å². The summed E-state index contributed by atoms with van der Waals surface area (Å²) in [5, 5.41) is 3.57. The summed E-state index contributed by atoms with van der Waals surface area (Å²) < 4.78 is 0. The second-order valence-electron chi connectivity index (χ2n) is 8.25. The van der Waals surface area contributed by atoms with Gasteiger partial charge in [0, 0.05) is 36.9 Å². The highest BCUT2D eigenvalue weighted by Gasteiger charge is 2.31. The Hall–Kier alpha value is -1.59. The Morgan fingerprint density at radius 3 is 2.52 bits per heavy atom. The number of anilines is 1. The SMILES string of the molecule is CCN(c1ccc(C(=O)N2CCCC2CN2CCCC2)cc1)C1CCCN1. The molecule has 0 aromatic heterocycles. The van der Waals surface area contributed by atoms with Crippen molar-refractivity contribution >= 4 is 11.6 Å². The average Bonchev–Trinajstić information content (AvgIpc) is 3.46. The lowest BCUT2D eigenvalue weighted by atomic mass is 10.1. The summed E-state index contributed by atoms with van der Waals surface area (Å²) in [6.07, 6.45) is 7.78. The largest absolute Gasteiger partial charge is 0.356 e. The van der Waals surface area contributed by atoms with E-state index < -0.39 is 0 Å². The minimum atomic E-state index is 0.213. The molecular weight excluding hydrogens is 336 g/mol. The molecule has 3 aliphatic rings. The second-order valence-corrected chi connectivity index (χ2v) is 8.25. The standard InChI is InChI=1S/C22H34N4O/c1-2-25(21-8-5-13-23-21)19-11-9-18(10-12-19)22(27)26-16-6-7-20(26)17-24-14-3-4-15-24/h9-12,20-21,23H,2-8,13-17H2,1H3. The van der Waals surface area contributed by atoms with Gasteiger partial charge in [-0.3, -0.25) is 10.1 Å². The first-order valence-electron chi connectivity index (χ1n) is 10.9. The number of amides is 1. The molecule has 0 radical (unpaired) electrons. The van der Waals surface area contributed by atoms with Crippen LogP contribution in [0.1, 0.15) is 55.8 Å². The van der Waals surface area contributed by atoms with Gasteiger partial charge in [-0.25, -0.2) is 0 Å². The fourth-order valence-electron chi connectivity index (χ4n) is 5.03. The number of carbonyl (C=O) groups excluding carboxylic acids is 1. The third-order valence-electron chi connectivity index (χ3n) is 6.50. The first-order valence-corrected chi connectivity index (χ1v) is 10.9. The lowest BCUT2D eigenvalue weighted by molar-refractivity contribution is 0.0709. The van der Waals surface area contributed by atoms with Crippen LogP contribution in [0, 0.1) is 0 Å². The Balaban J connectivity index is 1.42. The zero-order valence-corrected chi connectivity index (χ0v) is 16.7. The highest BCUT2D eigenvalue weighted by Crippen LogP contribution is 2.25. The fraction of sp³-hybridized carbons (Fsp3) is 0.682. The molecule has 5 nitrogen and oxygen atoms in total. The van der Waals surface area contributed by atoms with E-state index >= 15 is 0 Å². The molecule has 1 aromatic rings. The third kappa shape index (κ3) is 4.14. The van der Waals surface area contributed by atoms with E-state index in [9.17, 15) is 4.79 Å². The van der Waals surface area contributed by atoms with E-state index in [-0.39, 0.29) is 5.91 Å². The Morgan fingerprint density at radius 1 is 1.07 bits per heavy atom. The quantitative estimate of drug-likeness (QED) is 0.836. The van der Waals surface area contributed by atoms with Gasteiger partial charge in [-0.05, 0) is 89.3 Å². The van der Waals surface area contributed by atoms with Gasteiger partial charge >= 0.3 is 0 Å². The molecule has 1 N–H and O–H groups in total. The van der Waals surface area contributed by atoms with Crippen LogP contribution in [-0.2, 0) is 0 Å². The van der Waals surface area contributed by atoms with Crippen LogP contribution in [0.2, 0.25) is 0 Å². The number of benzene rings is 1. The Kier molecular flexibility index (Phi) is 5.98. The number of hydrogen-bond acceptors (Lipinski definition) is 4. The molecule has 3 saturated heterocycles. The number of rotatable bonds is 6. The normalized spacial score (nSPS) is 26.0. The van der Waals surface area contributed by atoms with E-state index in [2.05, 4.69) is 39.1 Å². The van der Waals surface area contributed by atoms with Crippen LogP contribution in [-0.4, -0.2) is 67.2 Å². The van der Waals surface area contributed by atoms with Crippen LogP contribution in [0.25, 0.3) is 0 Å². The molecule has 5 heteroatoms.